The molecule has 1 N–H and O–H groups in total. The van der Waals surface area contributed by atoms with Gasteiger partial charge in [0.25, 0.3) is 0 Å². The average molecular weight is 246 g/mol. The number of hydrogen-bond acceptors (Lipinski definition) is 3. The zero-order chi connectivity index (χ0) is 13.3. The van der Waals surface area contributed by atoms with Crippen molar-refractivity contribution in [3.8, 4) is 6.07 Å². The van der Waals surface area contributed by atoms with Crippen molar-refractivity contribution in [3.63, 3.8) is 0 Å². The van der Waals surface area contributed by atoms with Gasteiger partial charge in [-0.1, -0.05) is 37.3 Å². The summed E-state index contributed by atoms with van der Waals surface area (Å²) in [6.07, 6.45) is 2.00. The van der Waals surface area contributed by atoms with Crippen LogP contribution < -0.4 is 5.32 Å². The monoisotopic (exact) mass is 246 g/mol. The second-order valence-corrected chi connectivity index (χ2v) is 4.62. The van der Waals surface area contributed by atoms with Crippen molar-refractivity contribution >= 4 is 0 Å². The van der Waals surface area contributed by atoms with Crippen molar-refractivity contribution < 1.29 is 4.74 Å². The lowest BCUT2D eigenvalue weighted by molar-refractivity contribution is 0.0944. The molecule has 98 valence electrons. The average Bonchev–Trinajstić information content (AvgIpc) is 2.40. The number of nitrogens with one attached hydrogen (secondary N) is 1. The third-order valence-electron chi connectivity index (χ3n) is 2.80. The first-order valence-electron chi connectivity index (χ1n) is 6.48. The number of benzene rings is 1. The molecule has 1 unspecified atom stereocenters. The third kappa shape index (κ3) is 5.31. The molecular formula is C15H22N2O. The molecule has 0 amide bonds. The molecule has 1 aromatic rings. The molecule has 0 aliphatic carbocycles. The minimum absolute atomic E-state index is 0.437. The molecule has 0 saturated carbocycles. The molecule has 0 aliphatic heterocycles. The first-order chi connectivity index (χ1) is 8.70. The molecule has 0 aromatic heterocycles. The summed E-state index contributed by atoms with van der Waals surface area (Å²) in [5, 5.41) is 12.2. The summed E-state index contributed by atoms with van der Waals surface area (Å²) < 4.78 is 5.58. The largest absolute Gasteiger partial charge is 0.378 e. The number of rotatable bonds is 8. The topological polar surface area (TPSA) is 45.0 Å². The Balaban J connectivity index is 2.17. The fourth-order valence-electron chi connectivity index (χ4n) is 1.81. The van der Waals surface area contributed by atoms with Crippen molar-refractivity contribution in [3.05, 3.63) is 35.9 Å². The summed E-state index contributed by atoms with van der Waals surface area (Å²) in [5.41, 5.74) is 0.762. The molecule has 0 fully saturated rings. The summed E-state index contributed by atoms with van der Waals surface area (Å²) in [4.78, 5) is 0. The van der Waals surface area contributed by atoms with Crippen LogP contribution in [0.1, 0.15) is 25.8 Å². The minimum atomic E-state index is -0.568. The van der Waals surface area contributed by atoms with Gasteiger partial charge >= 0.3 is 0 Å². The van der Waals surface area contributed by atoms with Crippen LogP contribution in [0.3, 0.4) is 0 Å². The normalized spacial score (nSPS) is 13.8. The Bertz CT molecular complexity index is 372. The van der Waals surface area contributed by atoms with Crippen LogP contribution in [0.2, 0.25) is 0 Å². The highest BCUT2D eigenvalue weighted by atomic mass is 16.5. The van der Waals surface area contributed by atoms with Crippen molar-refractivity contribution in [2.45, 2.75) is 32.2 Å². The third-order valence-corrected chi connectivity index (χ3v) is 2.80. The number of likely N-dealkylation sites (N-methyl/N-ethyl adjacent to an activating group) is 1. The van der Waals surface area contributed by atoms with Gasteiger partial charge in [-0.05, 0) is 31.9 Å². The van der Waals surface area contributed by atoms with Gasteiger partial charge in [0, 0.05) is 6.61 Å². The Labute approximate surface area is 110 Å². The maximum absolute atomic E-state index is 9.06. The lowest BCUT2D eigenvalue weighted by atomic mass is 10.1. The molecule has 0 spiro atoms. The van der Waals surface area contributed by atoms with Crippen molar-refractivity contribution in [2.24, 2.45) is 0 Å². The molecule has 3 nitrogen and oxygen atoms in total. The zero-order valence-corrected chi connectivity index (χ0v) is 11.3. The van der Waals surface area contributed by atoms with Crippen LogP contribution in [-0.4, -0.2) is 25.3 Å². The Kier molecular flexibility index (Phi) is 6.42. The predicted octanol–water partition coefficient (Wildman–Crippen LogP) is 2.53. The van der Waals surface area contributed by atoms with Crippen LogP contribution in [0.5, 0.6) is 0 Å². The molecule has 0 aliphatic rings. The van der Waals surface area contributed by atoms with Crippen LogP contribution in [0, 0.1) is 11.3 Å². The van der Waals surface area contributed by atoms with Crippen LogP contribution >= 0.6 is 0 Å². The van der Waals surface area contributed by atoms with Gasteiger partial charge in [-0.3, -0.25) is 5.32 Å². The Morgan fingerprint density at radius 2 is 2.06 bits per heavy atom. The SMILES string of the molecule is CCNC(C)(C#N)COCCCc1ccccc1. The van der Waals surface area contributed by atoms with E-state index in [4.69, 9.17) is 10.00 Å². The Hall–Kier alpha value is -1.37. The first-order valence-corrected chi connectivity index (χ1v) is 6.48. The Morgan fingerprint density at radius 1 is 1.33 bits per heavy atom. The van der Waals surface area contributed by atoms with E-state index < -0.39 is 5.54 Å². The second kappa shape index (κ2) is 7.86. The summed E-state index contributed by atoms with van der Waals surface area (Å²) in [5.74, 6) is 0. The van der Waals surface area contributed by atoms with E-state index in [1.54, 1.807) is 0 Å². The number of aryl methyl sites for hydroxylation is 1. The maximum Gasteiger partial charge on any atom is 0.127 e. The number of hydrogen-bond donors (Lipinski definition) is 1. The summed E-state index contributed by atoms with van der Waals surface area (Å²) in [7, 11) is 0. The minimum Gasteiger partial charge on any atom is -0.378 e. The highest BCUT2D eigenvalue weighted by molar-refractivity contribution is 5.14. The van der Waals surface area contributed by atoms with Crippen molar-refractivity contribution in [1.29, 1.82) is 5.26 Å². The van der Waals surface area contributed by atoms with E-state index in [1.165, 1.54) is 5.56 Å². The summed E-state index contributed by atoms with van der Waals surface area (Å²) in [6, 6.07) is 12.6. The van der Waals surface area contributed by atoms with E-state index in [2.05, 4.69) is 23.5 Å². The van der Waals surface area contributed by atoms with Gasteiger partial charge in [0.05, 0.1) is 12.7 Å². The second-order valence-electron chi connectivity index (χ2n) is 4.62. The molecular weight excluding hydrogens is 224 g/mol. The number of nitriles is 1. The van der Waals surface area contributed by atoms with E-state index in [9.17, 15) is 0 Å². The first kappa shape index (κ1) is 14.7. The standard InChI is InChI=1S/C15H22N2O/c1-3-17-15(2,12-16)13-18-11-7-10-14-8-5-4-6-9-14/h4-6,8-9,17H,3,7,10-11,13H2,1-2H3. The fourth-order valence-corrected chi connectivity index (χ4v) is 1.81. The molecule has 1 aromatic carbocycles. The van der Waals surface area contributed by atoms with Gasteiger partial charge in [0.2, 0.25) is 0 Å². The highest BCUT2D eigenvalue weighted by Gasteiger charge is 2.22. The van der Waals surface area contributed by atoms with E-state index in [0.29, 0.717) is 13.2 Å². The van der Waals surface area contributed by atoms with Gasteiger partial charge in [-0.25, -0.2) is 0 Å². The molecule has 0 bridgehead atoms. The number of nitrogens with zero attached hydrogens (tertiary/aromatic N) is 1. The Morgan fingerprint density at radius 3 is 2.67 bits per heavy atom. The summed E-state index contributed by atoms with van der Waals surface area (Å²) >= 11 is 0. The predicted molar refractivity (Wildman–Crippen MR) is 73.3 cm³/mol. The van der Waals surface area contributed by atoms with Crippen molar-refractivity contribution in [1.82, 2.24) is 5.32 Å². The lowest BCUT2D eigenvalue weighted by Gasteiger charge is -2.22. The maximum atomic E-state index is 9.06. The number of ether oxygens (including phenoxy) is 1. The molecule has 0 heterocycles. The smallest absolute Gasteiger partial charge is 0.127 e. The van der Waals surface area contributed by atoms with Crippen LogP contribution in [0.15, 0.2) is 30.3 Å². The van der Waals surface area contributed by atoms with Gasteiger partial charge in [-0.15, -0.1) is 0 Å². The van der Waals surface area contributed by atoms with Gasteiger partial charge in [0.1, 0.15) is 5.54 Å². The van der Waals surface area contributed by atoms with Crippen LogP contribution in [0.25, 0.3) is 0 Å². The lowest BCUT2D eigenvalue weighted by Crippen LogP contribution is -2.45. The van der Waals surface area contributed by atoms with Crippen molar-refractivity contribution in [2.75, 3.05) is 19.8 Å². The van der Waals surface area contributed by atoms with Gasteiger partial charge < -0.3 is 4.74 Å². The van der Waals surface area contributed by atoms with Gasteiger partial charge in [-0.2, -0.15) is 5.26 Å². The molecule has 1 rings (SSSR count). The highest BCUT2D eigenvalue weighted by Crippen LogP contribution is 2.05. The zero-order valence-electron chi connectivity index (χ0n) is 11.3. The van der Waals surface area contributed by atoms with Crippen LogP contribution in [-0.2, 0) is 11.2 Å². The molecule has 18 heavy (non-hydrogen) atoms. The van der Waals surface area contributed by atoms with Gasteiger partial charge in [0.15, 0.2) is 0 Å². The molecule has 3 heteroatoms. The molecule has 1 atom stereocenters. The fraction of sp³-hybridized carbons (Fsp3) is 0.533. The summed E-state index contributed by atoms with van der Waals surface area (Å²) in [6.45, 7) is 5.76. The molecule has 0 radical (unpaired) electrons. The van der Waals surface area contributed by atoms with E-state index >= 15 is 0 Å². The quantitative estimate of drug-likeness (QED) is 0.717. The van der Waals surface area contributed by atoms with E-state index in [0.717, 1.165) is 19.4 Å². The van der Waals surface area contributed by atoms with E-state index in [1.807, 2.05) is 32.0 Å². The molecule has 0 saturated heterocycles. The van der Waals surface area contributed by atoms with Crippen LogP contribution in [0.4, 0.5) is 0 Å². The van der Waals surface area contributed by atoms with E-state index in [-0.39, 0.29) is 0 Å².